The van der Waals surface area contributed by atoms with Crippen LogP contribution < -0.4 is 10.6 Å². The highest BCUT2D eigenvalue weighted by Gasteiger charge is 2.44. The summed E-state index contributed by atoms with van der Waals surface area (Å²) in [6.07, 6.45) is 7.59. The molecule has 37 heavy (non-hydrogen) atoms. The SMILES string of the molecule is CCC(C)C(NC(=O)OC(C)(C)C)C(=O)N(C1CCC1)C(C(=O)NC1CCCCC1)c1ccccc1O. The largest absolute Gasteiger partial charge is 0.508 e. The van der Waals surface area contributed by atoms with Gasteiger partial charge in [0, 0.05) is 17.6 Å². The molecule has 3 atom stereocenters. The number of nitrogens with one attached hydrogen (secondary N) is 2. The lowest BCUT2D eigenvalue weighted by molar-refractivity contribution is -0.148. The van der Waals surface area contributed by atoms with E-state index in [0.717, 1.165) is 51.4 Å². The van der Waals surface area contributed by atoms with Crippen molar-refractivity contribution in [2.24, 2.45) is 5.92 Å². The molecule has 2 aliphatic rings. The number of hydrogen-bond acceptors (Lipinski definition) is 5. The van der Waals surface area contributed by atoms with E-state index in [1.807, 2.05) is 13.8 Å². The zero-order valence-electron chi connectivity index (χ0n) is 23.1. The first-order valence-corrected chi connectivity index (χ1v) is 13.9. The smallest absolute Gasteiger partial charge is 0.408 e. The minimum Gasteiger partial charge on any atom is -0.508 e. The summed E-state index contributed by atoms with van der Waals surface area (Å²) in [5.41, 5.74) is -0.310. The molecule has 3 rings (SSSR count). The van der Waals surface area contributed by atoms with Gasteiger partial charge >= 0.3 is 6.09 Å². The van der Waals surface area contributed by atoms with Crippen LogP contribution in [0.5, 0.6) is 5.75 Å². The number of para-hydroxylation sites is 1. The average molecular weight is 516 g/mol. The zero-order chi connectivity index (χ0) is 27.2. The van der Waals surface area contributed by atoms with Crippen molar-refractivity contribution in [2.45, 2.75) is 122 Å². The summed E-state index contributed by atoms with van der Waals surface area (Å²) in [4.78, 5) is 42.6. The molecule has 0 aromatic heterocycles. The first-order valence-electron chi connectivity index (χ1n) is 13.9. The number of phenolic OH excluding ortho intramolecular Hbond substituents is 1. The van der Waals surface area contributed by atoms with Gasteiger partial charge in [-0.25, -0.2) is 4.79 Å². The van der Waals surface area contributed by atoms with Crippen molar-refractivity contribution in [2.75, 3.05) is 0 Å². The Hall–Kier alpha value is -2.77. The standard InChI is InChI=1S/C29H45N3O5/c1-6-19(2)24(31-28(36)37-29(3,4)5)27(35)32(21-15-12-16-21)25(22-17-10-11-18-23(22)33)26(34)30-20-13-8-7-9-14-20/h10-11,17-21,24-25,33H,6-9,12-16H2,1-5H3,(H,30,34)(H,31,36). The van der Waals surface area contributed by atoms with Crippen LogP contribution in [0, 0.1) is 5.92 Å². The van der Waals surface area contributed by atoms with Crippen molar-refractivity contribution >= 4 is 17.9 Å². The molecular weight excluding hydrogens is 470 g/mol. The highest BCUT2D eigenvalue weighted by atomic mass is 16.6. The van der Waals surface area contributed by atoms with Crippen molar-refractivity contribution < 1.29 is 24.2 Å². The molecule has 3 amide bonds. The van der Waals surface area contributed by atoms with Crippen LogP contribution in [0.25, 0.3) is 0 Å². The van der Waals surface area contributed by atoms with Crippen molar-refractivity contribution in [3.63, 3.8) is 0 Å². The molecule has 2 fully saturated rings. The van der Waals surface area contributed by atoms with Gasteiger partial charge < -0.3 is 25.4 Å². The quantitative estimate of drug-likeness (QED) is 0.419. The van der Waals surface area contributed by atoms with E-state index in [2.05, 4.69) is 10.6 Å². The van der Waals surface area contributed by atoms with Crippen LogP contribution in [0.1, 0.15) is 104 Å². The van der Waals surface area contributed by atoms with Gasteiger partial charge in [0.1, 0.15) is 23.4 Å². The maximum absolute atomic E-state index is 14.3. The van der Waals surface area contributed by atoms with Crippen LogP contribution in [0.15, 0.2) is 24.3 Å². The summed E-state index contributed by atoms with van der Waals surface area (Å²) in [6.45, 7) is 9.20. The summed E-state index contributed by atoms with van der Waals surface area (Å²) in [6, 6.07) is 4.77. The fourth-order valence-corrected chi connectivity index (χ4v) is 5.12. The van der Waals surface area contributed by atoms with E-state index in [4.69, 9.17) is 4.74 Å². The van der Waals surface area contributed by atoms with E-state index < -0.39 is 23.8 Å². The molecule has 0 heterocycles. The molecule has 1 aromatic carbocycles. The van der Waals surface area contributed by atoms with Gasteiger partial charge in [-0.15, -0.1) is 0 Å². The molecule has 1 aromatic rings. The fourth-order valence-electron chi connectivity index (χ4n) is 5.12. The van der Waals surface area contributed by atoms with Gasteiger partial charge in [-0.2, -0.15) is 0 Å². The highest BCUT2D eigenvalue weighted by molar-refractivity contribution is 5.93. The third kappa shape index (κ3) is 7.62. The van der Waals surface area contributed by atoms with Gasteiger partial charge in [-0.3, -0.25) is 9.59 Å². The normalized spacial score (nSPS) is 19.2. The lowest BCUT2D eigenvalue weighted by atomic mass is 9.86. The summed E-state index contributed by atoms with van der Waals surface area (Å²) in [5, 5.41) is 16.8. The van der Waals surface area contributed by atoms with Crippen LogP contribution in [0.4, 0.5) is 4.79 Å². The predicted octanol–water partition coefficient (Wildman–Crippen LogP) is 5.20. The zero-order valence-corrected chi connectivity index (χ0v) is 23.1. The van der Waals surface area contributed by atoms with Crippen LogP contribution in [-0.4, -0.2) is 51.6 Å². The maximum atomic E-state index is 14.3. The molecule has 0 aliphatic heterocycles. The maximum Gasteiger partial charge on any atom is 0.408 e. The summed E-state index contributed by atoms with van der Waals surface area (Å²) >= 11 is 0. The number of carbonyl (C=O) groups is 3. The highest BCUT2D eigenvalue weighted by Crippen LogP contribution is 2.37. The first-order chi connectivity index (χ1) is 17.5. The Morgan fingerprint density at radius 3 is 2.24 bits per heavy atom. The van der Waals surface area contributed by atoms with E-state index >= 15 is 0 Å². The van der Waals surface area contributed by atoms with Gasteiger partial charge in [-0.05, 0) is 64.9 Å². The predicted molar refractivity (Wildman–Crippen MR) is 143 cm³/mol. The Balaban J connectivity index is 1.98. The van der Waals surface area contributed by atoms with Crippen LogP contribution in [-0.2, 0) is 14.3 Å². The van der Waals surface area contributed by atoms with Crippen LogP contribution in [0.2, 0.25) is 0 Å². The number of alkyl carbamates (subject to hydrolysis) is 1. The molecule has 8 nitrogen and oxygen atoms in total. The van der Waals surface area contributed by atoms with Gasteiger partial charge in [0.25, 0.3) is 0 Å². The molecule has 0 radical (unpaired) electrons. The number of aromatic hydroxyl groups is 1. The molecule has 2 aliphatic carbocycles. The molecule has 3 N–H and O–H groups in total. The number of amides is 3. The molecule has 0 bridgehead atoms. The number of rotatable bonds is 9. The Kier molecular flexibility index (Phi) is 9.85. The van der Waals surface area contributed by atoms with Crippen LogP contribution >= 0.6 is 0 Å². The molecule has 8 heteroatoms. The molecular formula is C29H45N3O5. The second-order valence-electron chi connectivity index (χ2n) is 11.6. The van der Waals surface area contributed by atoms with Crippen molar-refractivity contribution in [1.29, 1.82) is 0 Å². The van der Waals surface area contributed by atoms with E-state index in [9.17, 15) is 19.5 Å². The number of nitrogens with zero attached hydrogens (tertiary/aromatic N) is 1. The molecule has 0 saturated heterocycles. The van der Waals surface area contributed by atoms with Crippen LogP contribution in [0.3, 0.4) is 0 Å². The topological polar surface area (TPSA) is 108 Å². The Labute approximate surface area is 221 Å². The second-order valence-corrected chi connectivity index (χ2v) is 11.6. The van der Waals surface area contributed by atoms with E-state index in [1.54, 1.807) is 49.9 Å². The summed E-state index contributed by atoms with van der Waals surface area (Å²) < 4.78 is 5.47. The van der Waals surface area contributed by atoms with Crippen molar-refractivity contribution in [3.8, 4) is 5.75 Å². The molecule has 3 unspecified atom stereocenters. The van der Waals surface area contributed by atoms with Crippen molar-refractivity contribution in [3.05, 3.63) is 29.8 Å². The average Bonchev–Trinajstić information content (AvgIpc) is 2.80. The second kappa shape index (κ2) is 12.7. The summed E-state index contributed by atoms with van der Waals surface area (Å²) in [5.74, 6) is -0.816. The lowest BCUT2D eigenvalue weighted by Gasteiger charge is -2.44. The van der Waals surface area contributed by atoms with Crippen molar-refractivity contribution in [1.82, 2.24) is 15.5 Å². The monoisotopic (exact) mass is 515 g/mol. The van der Waals surface area contributed by atoms with E-state index in [1.165, 1.54) is 0 Å². The van der Waals surface area contributed by atoms with E-state index in [-0.39, 0.29) is 35.6 Å². The van der Waals surface area contributed by atoms with Gasteiger partial charge in [0.15, 0.2) is 0 Å². The molecule has 0 spiro atoms. The third-order valence-corrected chi connectivity index (χ3v) is 7.58. The Morgan fingerprint density at radius 2 is 1.70 bits per heavy atom. The number of ether oxygens (including phenoxy) is 1. The number of benzene rings is 1. The number of carbonyl (C=O) groups excluding carboxylic acids is 3. The lowest BCUT2D eigenvalue weighted by Crippen LogP contribution is -2.59. The number of hydrogen-bond donors (Lipinski definition) is 3. The van der Waals surface area contributed by atoms with Gasteiger partial charge in [0.2, 0.25) is 11.8 Å². The first kappa shape index (κ1) is 28.8. The summed E-state index contributed by atoms with van der Waals surface area (Å²) in [7, 11) is 0. The van der Waals surface area contributed by atoms with E-state index in [0.29, 0.717) is 12.0 Å². The minimum atomic E-state index is -0.993. The fraction of sp³-hybridized carbons (Fsp3) is 0.690. The van der Waals surface area contributed by atoms with Gasteiger partial charge in [0.05, 0.1) is 0 Å². The Bertz CT molecular complexity index is 934. The minimum absolute atomic E-state index is 0.0244. The van der Waals surface area contributed by atoms with Gasteiger partial charge in [-0.1, -0.05) is 57.7 Å². The third-order valence-electron chi connectivity index (χ3n) is 7.58. The molecule has 2 saturated carbocycles. The number of phenols is 1. The Morgan fingerprint density at radius 1 is 1.05 bits per heavy atom. The molecule has 206 valence electrons.